The Hall–Kier alpha value is -3.78. The Labute approximate surface area is 190 Å². The van der Waals surface area contributed by atoms with Gasteiger partial charge in [0.25, 0.3) is 0 Å². The number of allylic oxidation sites excluding steroid dienone is 1. The average molecular weight is 454 g/mol. The van der Waals surface area contributed by atoms with E-state index < -0.39 is 17.1 Å². The second kappa shape index (κ2) is 10.2. The fraction of sp³-hybridized carbons (Fsp3) is 0.280. The van der Waals surface area contributed by atoms with Gasteiger partial charge in [0, 0.05) is 23.8 Å². The van der Waals surface area contributed by atoms with Crippen molar-refractivity contribution in [3.05, 3.63) is 58.3 Å². The summed E-state index contributed by atoms with van der Waals surface area (Å²) in [6, 6.07) is 7.67. The predicted molar refractivity (Wildman–Crippen MR) is 123 cm³/mol. The van der Waals surface area contributed by atoms with Crippen LogP contribution in [0.15, 0.2) is 51.7 Å². The van der Waals surface area contributed by atoms with Crippen LogP contribution >= 0.6 is 0 Å². The van der Waals surface area contributed by atoms with Gasteiger partial charge in [0.2, 0.25) is 11.2 Å². The van der Waals surface area contributed by atoms with Gasteiger partial charge in [-0.15, -0.1) is 6.58 Å². The highest BCUT2D eigenvalue weighted by atomic mass is 16.6. The number of ether oxygens (including phenoxy) is 3. The standard InChI is InChI=1S/C25H26O8/c1-5-31-13-20(28)32-25-22(29)21-19(27)12-18(26)17(11-6-14(2)3)24(21)33-23(25)15-7-9-16(30-4)10-8-15/h7-10,12,26-27H,2,5-6,11,13H2,1,3-4H3. The molecule has 0 atom stereocenters. The van der Waals surface area contributed by atoms with E-state index in [-0.39, 0.29) is 34.8 Å². The van der Waals surface area contributed by atoms with Crippen molar-refractivity contribution in [3.63, 3.8) is 0 Å². The minimum Gasteiger partial charge on any atom is -0.507 e. The van der Waals surface area contributed by atoms with Crippen LogP contribution in [-0.4, -0.2) is 36.5 Å². The predicted octanol–water partition coefficient (Wildman–Crippen LogP) is 4.33. The lowest BCUT2D eigenvalue weighted by atomic mass is 10.0. The summed E-state index contributed by atoms with van der Waals surface area (Å²) >= 11 is 0. The molecule has 0 saturated carbocycles. The summed E-state index contributed by atoms with van der Waals surface area (Å²) in [6.45, 7) is 7.36. The van der Waals surface area contributed by atoms with Gasteiger partial charge >= 0.3 is 5.97 Å². The molecule has 2 aromatic carbocycles. The largest absolute Gasteiger partial charge is 0.507 e. The molecule has 0 spiro atoms. The molecule has 1 aromatic heterocycles. The number of aromatic hydroxyl groups is 2. The van der Waals surface area contributed by atoms with E-state index in [1.807, 2.05) is 6.92 Å². The van der Waals surface area contributed by atoms with E-state index in [1.165, 1.54) is 7.11 Å². The number of carbonyl (C=O) groups is 1. The maximum absolute atomic E-state index is 13.4. The summed E-state index contributed by atoms with van der Waals surface area (Å²) in [5, 5.41) is 20.7. The molecular weight excluding hydrogens is 428 g/mol. The van der Waals surface area contributed by atoms with Crippen LogP contribution in [0, 0.1) is 0 Å². The van der Waals surface area contributed by atoms with Crippen molar-refractivity contribution in [2.75, 3.05) is 20.3 Å². The summed E-state index contributed by atoms with van der Waals surface area (Å²) in [5.41, 5.74) is 0.900. The molecule has 0 amide bonds. The lowest BCUT2D eigenvalue weighted by Gasteiger charge is -2.15. The Kier molecular flexibility index (Phi) is 7.40. The minimum atomic E-state index is -0.793. The molecule has 0 radical (unpaired) electrons. The fourth-order valence-electron chi connectivity index (χ4n) is 3.30. The van der Waals surface area contributed by atoms with Gasteiger partial charge < -0.3 is 28.8 Å². The Morgan fingerprint density at radius 3 is 2.45 bits per heavy atom. The molecule has 0 unspecified atom stereocenters. The van der Waals surface area contributed by atoms with Gasteiger partial charge in [-0.25, -0.2) is 4.79 Å². The molecule has 1 heterocycles. The van der Waals surface area contributed by atoms with Crippen LogP contribution in [0.2, 0.25) is 0 Å². The van der Waals surface area contributed by atoms with Crippen LogP contribution in [0.1, 0.15) is 25.8 Å². The highest BCUT2D eigenvalue weighted by Crippen LogP contribution is 2.39. The van der Waals surface area contributed by atoms with Crippen molar-refractivity contribution in [3.8, 4) is 34.3 Å². The molecule has 2 N–H and O–H groups in total. The molecule has 8 heteroatoms. The normalized spacial score (nSPS) is 10.9. The number of fused-ring (bicyclic) bond motifs is 1. The molecule has 0 fully saturated rings. The van der Waals surface area contributed by atoms with Gasteiger partial charge in [-0.05, 0) is 51.0 Å². The summed E-state index contributed by atoms with van der Waals surface area (Å²) in [4.78, 5) is 25.7. The van der Waals surface area contributed by atoms with Crippen LogP contribution in [0.3, 0.4) is 0 Å². The second-order valence-electron chi connectivity index (χ2n) is 7.48. The smallest absolute Gasteiger partial charge is 0.337 e. The van der Waals surface area contributed by atoms with Crippen LogP contribution < -0.4 is 14.9 Å². The maximum Gasteiger partial charge on any atom is 0.337 e. The Morgan fingerprint density at radius 1 is 1.15 bits per heavy atom. The molecule has 0 bridgehead atoms. The third-order valence-electron chi connectivity index (χ3n) is 4.98. The molecule has 0 aliphatic rings. The average Bonchev–Trinajstić information content (AvgIpc) is 2.78. The number of methoxy groups -OCH3 is 1. The first-order valence-electron chi connectivity index (χ1n) is 10.4. The lowest BCUT2D eigenvalue weighted by molar-refractivity contribution is -0.139. The molecule has 0 aliphatic heterocycles. The zero-order chi connectivity index (χ0) is 24.1. The van der Waals surface area contributed by atoms with E-state index in [0.717, 1.165) is 11.6 Å². The first-order valence-corrected chi connectivity index (χ1v) is 10.4. The van der Waals surface area contributed by atoms with Gasteiger partial charge in [-0.1, -0.05) is 5.57 Å². The van der Waals surface area contributed by atoms with Crippen molar-refractivity contribution in [2.24, 2.45) is 0 Å². The third kappa shape index (κ3) is 5.18. The van der Waals surface area contributed by atoms with E-state index in [4.69, 9.17) is 18.6 Å². The third-order valence-corrected chi connectivity index (χ3v) is 4.98. The summed E-state index contributed by atoms with van der Waals surface area (Å²) < 4.78 is 21.6. The number of aryl methyl sites for hydroxylation is 1. The van der Waals surface area contributed by atoms with Crippen molar-refractivity contribution in [2.45, 2.75) is 26.7 Å². The first-order chi connectivity index (χ1) is 15.8. The molecule has 3 aromatic rings. The summed E-state index contributed by atoms with van der Waals surface area (Å²) in [5.74, 6) is -1.33. The lowest BCUT2D eigenvalue weighted by Crippen LogP contribution is -2.20. The van der Waals surface area contributed by atoms with Gasteiger partial charge in [-0.2, -0.15) is 0 Å². The zero-order valence-electron chi connectivity index (χ0n) is 18.8. The van der Waals surface area contributed by atoms with Crippen LogP contribution in [0.25, 0.3) is 22.3 Å². The van der Waals surface area contributed by atoms with Crippen LogP contribution in [-0.2, 0) is 16.0 Å². The number of phenols is 2. The topological polar surface area (TPSA) is 115 Å². The molecule has 3 rings (SSSR count). The fourth-order valence-corrected chi connectivity index (χ4v) is 3.30. The minimum absolute atomic E-state index is 0.00850. The van der Waals surface area contributed by atoms with Crippen LogP contribution in [0.5, 0.6) is 23.0 Å². The molecule has 33 heavy (non-hydrogen) atoms. The molecule has 0 aliphatic carbocycles. The number of hydrogen-bond donors (Lipinski definition) is 2. The number of benzene rings is 2. The molecule has 8 nitrogen and oxygen atoms in total. The van der Waals surface area contributed by atoms with Gasteiger partial charge in [0.15, 0.2) is 5.76 Å². The van der Waals surface area contributed by atoms with E-state index in [9.17, 15) is 19.8 Å². The number of carbonyl (C=O) groups excluding carboxylic acids is 1. The monoisotopic (exact) mass is 454 g/mol. The number of rotatable bonds is 9. The Balaban J connectivity index is 2.29. The number of hydrogen-bond acceptors (Lipinski definition) is 8. The van der Waals surface area contributed by atoms with E-state index >= 15 is 0 Å². The second-order valence-corrected chi connectivity index (χ2v) is 7.48. The molecular formula is C25H26O8. The van der Waals surface area contributed by atoms with Crippen molar-refractivity contribution in [1.82, 2.24) is 0 Å². The SMILES string of the molecule is C=C(C)CCc1c(O)cc(O)c2c(=O)c(OC(=O)COCC)c(-c3ccc(OC)cc3)oc12. The zero-order valence-corrected chi connectivity index (χ0v) is 18.8. The number of phenolic OH excluding ortho intramolecular Hbond substituents is 2. The van der Waals surface area contributed by atoms with Crippen molar-refractivity contribution >= 4 is 16.9 Å². The van der Waals surface area contributed by atoms with E-state index in [1.54, 1.807) is 31.2 Å². The highest BCUT2D eigenvalue weighted by molar-refractivity contribution is 5.92. The van der Waals surface area contributed by atoms with Crippen molar-refractivity contribution in [1.29, 1.82) is 0 Å². The van der Waals surface area contributed by atoms with Gasteiger partial charge in [-0.3, -0.25) is 4.79 Å². The van der Waals surface area contributed by atoms with Crippen LogP contribution in [0.4, 0.5) is 0 Å². The van der Waals surface area contributed by atoms with E-state index in [0.29, 0.717) is 36.3 Å². The molecule has 174 valence electrons. The van der Waals surface area contributed by atoms with E-state index in [2.05, 4.69) is 6.58 Å². The summed E-state index contributed by atoms with van der Waals surface area (Å²) in [7, 11) is 1.52. The Bertz CT molecular complexity index is 1240. The maximum atomic E-state index is 13.4. The highest BCUT2D eigenvalue weighted by Gasteiger charge is 2.25. The number of esters is 1. The van der Waals surface area contributed by atoms with Gasteiger partial charge in [0.05, 0.1) is 7.11 Å². The Morgan fingerprint density at radius 2 is 1.85 bits per heavy atom. The molecule has 0 saturated heterocycles. The quantitative estimate of drug-likeness (QED) is 0.363. The van der Waals surface area contributed by atoms with Gasteiger partial charge in [0.1, 0.15) is 34.8 Å². The summed E-state index contributed by atoms with van der Waals surface area (Å²) in [6.07, 6.45) is 0.854. The van der Waals surface area contributed by atoms with Crippen molar-refractivity contribution < 1.29 is 33.6 Å². The first kappa shape index (κ1) is 23.9.